The van der Waals surface area contributed by atoms with Crippen LogP contribution in [0.5, 0.6) is 0 Å². The molecule has 2 aromatic rings. The van der Waals surface area contributed by atoms with Crippen molar-refractivity contribution in [1.82, 2.24) is 5.32 Å². The number of nitrogens with one attached hydrogen (secondary N) is 2. The summed E-state index contributed by atoms with van der Waals surface area (Å²) in [5.74, 6) is -1.44. The highest BCUT2D eigenvalue weighted by molar-refractivity contribution is 6.08. The summed E-state index contributed by atoms with van der Waals surface area (Å²) in [7, 11) is 0. The van der Waals surface area contributed by atoms with Gasteiger partial charge in [0.15, 0.2) is 0 Å². The van der Waals surface area contributed by atoms with Gasteiger partial charge in [-0.3, -0.25) is 9.59 Å². The summed E-state index contributed by atoms with van der Waals surface area (Å²) >= 11 is 0. The molecule has 0 aromatic heterocycles. The van der Waals surface area contributed by atoms with Crippen molar-refractivity contribution in [1.29, 1.82) is 0 Å². The number of carbonyl (C=O) groups excluding carboxylic acids is 2. The monoisotopic (exact) mass is 420 g/mol. The van der Waals surface area contributed by atoms with Gasteiger partial charge in [-0.25, -0.2) is 0 Å². The Morgan fingerprint density at radius 1 is 1.03 bits per heavy atom. The average Bonchev–Trinajstić information content (AvgIpc) is 2.94. The smallest absolute Gasteiger partial charge is 0.239 e. The molecule has 2 aliphatic rings. The minimum absolute atomic E-state index is 0.432. The Balaban J connectivity index is 1.41. The highest BCUT2D eigenvalue weighted by atomic mass is 16.3. The topological polar surface area (TPSA) is 78.4 Å². The summed E-state index contributed by atoms with van der Waals surface area (Å²) in [6.45, 7) is 1.79. The summed E-state index contributed by atoms with van der Waals surface area (Å²) in [4.78, 5) is 25.5. The normalized spacial score (nSPS) is 26.8. The molecule has 5 heteroatoms. The van der Waals surface area contributed by atoms with E-state index < -0.39 is 29.4 Å². The predicted octanol–water partition coefficient (Wildman–Crippen LogP) is 4.17. The van der Waals surface area contributed by atoms with E-state index >= 15 is 0 Å². The third-order valence-corrected chi connectivity index (χ3v) is 6.86. The minimum atomic E-state index is -1.13. The third kappa shape index (κ3) is 4.82. The lowest BCUT2D eigenvalue weighted by Crippen LogP contribution is -2.48. The molecule has 3 atom stereocenters. The molecular weight excluding hydrogens is 388 g/mol. The maximum Gasteiger partial charge on any atom is 0.239 e. The van der Waals surface area contributed by atoms with Gasteiger partial charge >= 0.3 is 0 Å². The Morgan fingerprint density at radius 3 is 2.32 bits per heavy atom. The van der Waals surface area contributed by atoms with Crippen LogP contribution < -0.4 is 10.6 Å². The number of benzene rings is 2. The van der Waals surface area contributed by atoms with Crippen LogP contribution in [0.25, 0.3) is 0 Å². The number of hydrogen-bond acceptors (Lipinski definition) is 3. The van der Waals surface area contributed by atoms with Gasteiger partial charge in [-0.05, 0) is 55.4 Å². The fourth-order valence-electron chi connectivity index (χ4n) is 5.05. The fourth-order valence-corrected chi connectivity index (χ4v) is 5.05. The van der Waals surface area contributed by atoms with Crippen molar-refractivity contribution in [2.75, 3.05) is 5.32 Å². The van der Waals surface area contributed by atoms with Gasteiger partial charge in [-0.15, -0.1) is 0 Å². The lowest BCUT2D eigenvalue weighted by molar-refractivity contribution is -0.132. The molecule has 2 aromatic carbocycles. The molecule has 1 aliphatic carbocycles. The van der Waals surface area contributed by atoms with Crippen molar-refractivity contribution in [3.05, 3.63) is 65.7 Å². The molecule has 4 rings (SSSR count). The largest absolute Gasteiger partial charge is 0.389 e. The van der Waals surface area contributed by atoms with E-state index in [2.05, 4.69) is 22.8 Å². The van der Waals surface area contributed by atoms with Crippen LogP contribution in [0.15, 0.2) is 54.6 Å². The summed E-state index contributed by atoms with van der Waals surface area (Å²) < 4.78 is 0. The van der Waals surface area contributed by atoms with Gasteiger partial charge in [0, 0.05) is 5.69 Å². The molecule has 1 aliphatic heterocycles. The van der Waals surface area contributed by atoms with E-state index in [9.17, 15) is 14.7 Å². The zero-order chi connectivity index (χ0) is 21.8. The third-order valence-electron chi connectivity index (χ3n) is 6.86. The molecule has 5 nitrogen and oxygen atoms in total. The Hall–Kier alpha value is -2.66. The maximum absolute atomic E-state index is 12.9. The van der Waals surface area contributed by atoms with E-state index in [1.165, 1.54) is 44.1 Å². The van der Waals surface area contributed by atoms with Gasteiger partial charge < -0.3 is 15.7 Å². The fraction of sp³-hybridized carbons (Fsp3) is 0.462. The molecule has 1 heterocycles. The van der Waals surface area contributed by atoms with Gasteiger partial charge in [-0.2, -0.15) is 0 Å². The van der Waals surface area contributed by atoms with Crippen molar-refractivity contribution in [3.63, 3.8) is 0 Å². The molecule has 0 spiro atoms. The number of anilines is 1. The summed E-state index contributed by atoms with van der Waals surface area (Å²) in [5, 5.41) is 16.6. The van der Waals surface area contributed by atoms with Gasteiger partial charge in [0.05, 0.1) is 11.6 Å². The lowest BCUT2D eigenvalue weighted by atomic mass is 9.85. The average molecular weight is 421 g/mol. The van der Waals surface area contributed by atoms with Crippen LogP contribution >= 0.6 is 0 Å². The Bertz CT molecular complexity index is 904. The van der Waals surface area contributed by atoms with Crippen LogP contribution in [0, 0.1) is 5.92 Å². The van der Waals surface area contributed by atoms with Crippen molar-refractivity contribution in [2.45, 2.75) is 69.4 Å². The number of aliphatic hydroxyl groups is 1. The highest BCUT2D eigenvalue weighted by Crippen LogP contribution is 2.33. The first-order chi connectivity index (χ1) is 15.0. The molecule has 3 N–H and O–H groups in total. The first-order valence-corrected chi connectivity index (χ1v) is 11.4. The second-order valence-electron chi connectivity index (χ2n) is 9.29. The maximum atomic E-state index is 12.9. The van der Waals surface area contributed by atoms with Gasteiger partial charge in [0.2, 0.25) is 11.8 Å². The number of hydrogen-bond donors (Lipinski definition) is 3. The van der Waals surface area contributed by atoms with Crippen LogP contribution in [-0.2, 0) is 16.0 Å². The van der Waals surface area contributed by atoms with Crippen molar-refractivity contribution >= 4 is 17.5 Å². The molecule has 0 bridgehead atoms. The number of amides is 2. The summed E-state index contributed by atoms with van der Waals surface area (Å²) in [6, 6.07) is 17.6. The van der Waals surface area contributed by atoms with Crippen molar-refractivity contribution < 1.29 is 14.7 Å². The minimum Gasteiger partial charge on any atom is -0.389 e. The van der Waals surface area contributed by atoms with E-state index in [0.29, 0.717) is 18.0 Å². The molecule has 164 valence electrons. The molecular formula is C26H32N2O3. The summed E-state index contributed by atoms with van der Waals surface area (Å²) in [5.41, 5.74) is 2.08. The molecule has 31 heavy (non-hydrogen) atoms. The second kappa shape index (κ2) is 9.23. The molecule has 0 radical (unpaired) electrons. The molecule has 1 saturated heterocycles. The van der Waals surface area contributed by atoms with Crippen molar-refractivity contribution in [3.8, 4) is 0 Å². The predicted molar refractivity (Wildman–Crippen MR) is 122 cm³/mol. The van der Waals surface area contributed by atoms with Crippen LogP contribution in [-0.4, -0.2) is 28.6 Å². The van der Waals surface area contributed by atoms with Crippen LogP contribution in [0.4, 0.5) is 5.69 Å². The highest BCUT2D eigenvalue weighted by Gasteiger charge is 2.52. The number of rotatable bonds is 5. The van der Waals surface area contributed by atoms with E-state index in [0.717, 1.165) is 5.56 Å². The molecule has 2 fully saturated rings. The van der Waals surface area contributed by atoms with Crippen LogP contribution in [0.3, 0.4) is 0 Å². The Labute approximate surface area is 184 Å². The van der Waals surface area contributed by atoms with Gasteiger partial charge in [-0.1, -0.05) is 68.1 Å². The quantitative estimate of drug-likeness (QED) is 0.502. The van der Waals surface area contributed by atoms with Crippen molar-refractivity contribution in [2.24, 2.45) is 5.92 Å². The van der Waals surface area contributed by atoms with E-state index in [4.69, 9.17) is 0 Å². The van der Waals surface area contributed by atoms with E-state index in [1.807, 2.05) is 42.5 Å². The zero-order valence-corrected chi connectivity index (χ0v) is 18.1. The van der Waals surface area contributed by atoms with Gasteiger partial charge in [0.25, 0.3) is 0 Å². The zero-order valence-electron chi connectivity index (χ0n) is 18.1. The number of carbonyl (C=O) groups is 2. The van der Waals surface area contributed by atoms with Crippen LogP contribution in [0.2, 0.25) is 0 Å². The first-order valence-electron chi connectivity index (χ1n) is 11.4. The van der Waals surface area contributed by atoms with E-state index in [1.54, 1.807) is 6.92 Å². The Morgan fingerprint density at radius 2 is 1.68 bits per heavy atom. The Kier molecular flexibility index (Phi) is 6.42. The first kappa shape index (κ1) is 21.6. The molecule has 2 amide bonds. The second-order valence-corrected chi connectivity index (χ2v) is 9.29. The van der Waals surface area contributed by atoms with Crippen LogP contribution in [0.1, 0.15) is 62.5 Å². The lowest BCUT2D eigenvalue weighted by Gasteiger charge is -2.29. The standard InChI is InChI=1S/C26H32N2O3/c1-26(17-18-9-5-4-6-10-18)23(29)22(25(31)28-26)24(30)27-21-15-13-20(14-16-21)19-11-7-2-3-8-12-19/h4-6,9-10,13-16,19,22-23,29H,2-3,7-8,11-12,17H2,1H3,(H,27,30)(H,28,31). The van der Waals surface area contributed by atoms with E-state index in [-0.39, 0.29) is 0 Å². The molecule has 3 unspecified atom stereocenters. The number of aliphatic hydroxyl groups excluding tert-OH is 1. The molecule has 1 saturated carbocycles. The SMILES string of the molecule is CC1(Cc2ccccc2)NC(=O)C(C(=O)Nc2ccc(C3CCCCCC3)cc2)C1O. The van der Waals surface area contributed by atoms with Gasteiger partial charge in [0.1, 0.15) is 5.92 Å². The summed E-state index contributed by atoms with van der Waals surface area (Å²) in [6.07, 6.45) is 6.99.